The quantitative estimate of drug-likeness (QED) is 0.725. The highest BCUT2D eigenvalue weighted by Crippen LogP contribution is 2.42. The Balaban J connectivity index is 2.60. The van der Waals surface area contributed by atoms with Gasteiger partial charge in [-0.05, 0) is 26.0 Å². The molecule has 0 fully saturated rings. The van der Waals surface area contributed by atoms with Crippen LogP contribution in [0.3, 0.4) is 0 Å². The standard InChI is InChI=1S/C14H17N3O2S/c1-7-3-4-17-6-14(7,13(16)19)11-10(20)5-9(15)8(2)12(11)18/h3-5,8,11H,6,15H2,1-2H3,(H2,16,19)/t8?,11-,14?/m1/s1. The molecule has 4 N–H and O–H groups in total. The Kier molecular flexibility index (Phi) is 3.60. The van der Waals surface area contributed by atoms with E-state index in [0.717, 1.165) is 0 Å². The zero-order valence-electron chi connectivity index (χ0n) is 11.4. The number of aliphatic imine (C=N–C) groups is 1. The van der Waals surface area contributed by atoms with Gasteiger partial charge in [-0.15, -0.1) is 0 Å². The molecule has 0 saturated carbocycles. The molecule has 6 heteroatoms. The van der Waals surface area contributed by atoms with Gasteiger partial charge in [-0.2, -0.15) is 0 Å². The van der Waals surface area contributed by atoms with Crippen LogP contribution in [-0.2, 0) is 9.59 Å². The van der Waals surface area contributed by atoms with Crippen LogP contribution < -0.4 is 11.5 Å². The molecule has 2 unspecified atom stereocenters. The monoisotopic (exact) mass is 291 g/mol. The van der Waals surface area contributed by atoms with Crippen molar-refractivity contribution in [2.75, 3.05) is 6.54 Å². The number of amides is 1. The third-order valence-electron chi connectivity index (χ3n) is 4.21. The lowest BCUT2D eigenvalue weighted by molar-refractivity contribution is -0.135. The number of nitrogens with two attached hydrogens (primary N) is 2. The summed E-state index contributed by atoms with van der Waals surface area (Å²) in [6.07, 6.45) is 4.92. The number of rotatable bonds is 2. The Morgan fingerprint density at radius 2 is 2.20 bits per heavy atom. The van der Waals surface area contributed by atoms with Gasteiger partial charge in [0.1, 0.15) is 5.41 Å². The van der Waals surface area contributed by atoms with Gasteiger partial charge >= 0.3 is 0 Å². The Hall–Kier alpha value is -1.82. The Bertz CT molecular complexity index is 591. The SMILES string of the molecule is CC1=CC=NCC1(C(N)=O)[C@H]1C(=O)C(C)C(N)=CC1=S. The Morgan fingerprint density at radius 1 is 1.55 bits per heavy atom. The van der Waals surface area contributed by atoms with E-state index < -0.39 is 23.2 Å². The lowest BCUT2D eigenvalue weighted by Crippen LogP contribution is -2.55. The molecule has 1 amide bonds. The van der Waals surface area contributed by atoms with Crippen LogP contribution >= 0.6 is 12.2 Å². The van der Waals surface area contributed by atoms with Gasteiger partial charge in [0.05, 0.1) is 18.4 Å². The van der Waals surface area contributed by atoms with E-state index in [9.17, 15) is 9.59 Å². The van der Waals surface area contributed by atoms with E-state index >= 15 is 0 Å². The van der Waals surface area contributed by atoms with Crippen molar-refractivity contribution in [3.8, 4) is 0 Å². The maximum absolute atomic E-state index is 12.6. The van der Waals surface area contributed by atoms with E-state index in [4.69, 9.17) is 23.7 Å². The summed E-state index contributed by atoms with van der Waals surface area (Å²) in [7, 11) is 0. The smallest absolute Gasteiger partial charge is 0.230 e. The van der Waals surface area contributed by atoms with Crippen molar-refractivity contribution in [2.24, 2.45) is 33.7 Å². The summed E-state index contributed by atoms with van der Waals surface area (Å²) in [6, 6.07) is 0. The van der Waals surface area contributed by atoms with E-state index in [1.807, 2.05) is 0 Å². The molecule has 0 saturated heterocycles. The Labute approximate surface area is 122 Å². The zero-order valence-corrected chi connectivity index (χ0v) is 12.2. The summed E-state index contributed by atoms with van der Waals surface area (Å²) in [5, 5.41) is 0. The van der Waals surface area contributed by atoms with Crippen molar-refractivity contribution in [3.05, 3.63) is 23.4 Å². The van der Waals surface area contributed by atoms with Crippen LogP contribution in [0.1, 0.15) is 13.8 Å². The fraction of sp³-hybridized carbons (Fsp3) is 0.429. The summed E-state index contributed by atoms with van der Waals surface area (Å²) in [5.41, 5.74) is 11.4. The minimum atomic E-state index is -1.17. The van der Waals surface area contributed by atoms with Crippen molar-refractivity contribution >= 4 is 35.0 Å². The summed E-state index contributed by atoms with van der Waals surface area (Å²) in [6.45, 7) is 3.63. The van der Waals surface area contributed by atoms with Crippen molar-refractivity contribution in [1.29, 1.82) is 0 Å². The van der Waals surface area contributed by atoms with Gasteiger partial charge in [-0.1, -0.05) is 17.8 Å². The first kappa shape index (κ1) is 14.6. The average Bonchev–Trinajstić information content (AvgIpc) is 2.38. The molecule has 0 spiro atoms. The predicted molar refractivity (Wildman–Crippen MR) is 81.3 cm³/mol. The number of carbonyl (C=O) groups excluding carboxylic acids is 2. The zero-order chi connectivity index (χ0) is 15.1. The molecule has 0 aromatic rings. The number of dihydropyridines is 1. The van der Waals surface area contributed by atoms with Crippen molar-refractivity contribution in [3.63, 3.8) is 0 Å². The molecular formula is C14H17N3O2S. The van der Waals surface area contributed by atoms with E-state index in [-0.39, 0.29) is 12.3 Å². The van der Waals surface area contributed by atoms with Gasteiger partial charge in [0, 0.05) is 16.8 Å². The number of thiocarbonyl (C=S) groups is 1. The van der Waals surface area contributed by atoms with Gasteiger partial charge < -0.3 is 11.5 Å². The van der Waals surface area contributed by atoms with E-state index in [1.54, 1.807) is 32.2 Å². The van der Waals surface area contributed by atoms with Gasteiger partial charge in [0.15, 0.2) is 5.78 Å². The van der Waals surface area contributed by atoms with Crippen LogP contribution in [0.15, 0.2) is 28.4 Å². The molecule has 0 bridgehead atoms. The van der Waals surface area contributed by atoms with Gasteiger partial charge in [-0.3, -0.25) is 14.6 Å². The van der Waals surface area contributed by atoms with Crippen LogP contribution in [0.4, 0.5) is 0 Å². The molecule has 3 atom stereocenters. The fourth-order valence-corrected chi connectivity index (χ4v) is 3.23. The molecular weight excluding hydrogens is 274 g/mol. The van der Waals surface area contributed by atoms with Gasteiger partial charge in [0.25, 0.3) is 0 Å². The predicted octanol–water partition coefficient (Wildman–Crippen LogP) is 0.536. The highest BCUT2D eigenvalue weighted by atomic mass is 32.1. The van der Waals surface area contributed by atoms with Crippen LogP contribution in [0, 0.1) is 17.3 Å². The molecule has 2 aliphatic rings. The minimum Gasteiger partial charge on any atom is -0.401 e. The number of hydrogen-bond acceptors (Lipinski definition) is 5. The maximum atomic E-state index is 12.6. The molecule has 20 heavy (non-hydrogen) atoms. The lowest BCUT2D eigenvalue weighted by Gasteiger charge is -2.41. The molecule has 5 nitrogen and oxygen atoms in total. The van der Waals surface area contributed by atoms with Crippen molar-refractivity contribution in [2.45, 2.75) is 13.8 Å². The first-order valence-electron chi connectivity index (χ1n) is 6.34. The summed E-state index contributed by atoms with van der Waals surface area (Å²) < 4.78 is 0. The number of ketones is 1. The molecule has 1 aliphatic heterocycles. The number of carbonyl (C=O) groups is 2. The number of hydrogen-bond donors (Lipinski definition) is 2. The molecule has 106 valence electrons. The molecule has 2 rings (SSSR count). The summed E-state index contributed by atoms with van der Waals surface area (Å²) in [4.78, 5) is 29.2. The minimum absolute atomic E-state index is 0.141. The molecule has 0 aromatic heterocycles. The largest absolute Gasteiger partial charge is 0.401 e. The highest BCUT2D eigenvalue weighted by molar-refractivity contribution is 7.80. The van der Waals surface area contributed by atoms with E-state index in [0.29, 0.717) is 16.1 Å². The second-order valence-electron chi connectivity index (χ2n) is 5.28. The van der Waals surface area contributed by atoms with Crippen LogP contribution in [0.2, 0.25) is 0 Å². The first-order chi connectivity index (χ1) is 9.32. The van der Waals surface area contributed by atoms with Crippen molar-refractivity contribution < 1.29 is 9.59 Å². The third kappa shape index (κ3) is 1.91. The normalized spacial score (nSPS) is 33.7. The van der Waals surface area contributed by atoms with Gasteiger partial charge in [-0.25, -0.2) is 0 Å². The van der Waals surface area contributed by atoms with Crippen molar-refractivity contribution in [1.82, 2.24) is 0 Å². The fourth-order valence-electron chi connectivity index (χ4n) is 2.78. The van der Waals surface area contributed by atoms with E-state index in [1.165, 1.54) is 0 Å². The molecule has 1 aliphatic carbocycles. The lowest BCUT2D eigenvalue weighted by atomic mass is 9.62. The number of nitrogens with zero attached hydrogens (tertiary/aromatic N) is 1. The highest BCUT2D eigenvalue weighted by Gasteiger charge is 2.53. The van der Waals surface area contributed by atoms with Gasteiger partial charge in [0.2, 0.25) is 5.91 Å². The maximum Gasteiger partial charge on any atom is 0.230 e. The second kappa shape index (κ2) is 4.94. The number of allylic oxidation sites excluding steroid dienone is 3. The average molecular weight is 291 g/mol. The van der Waals surface area contributed by atoms with E-state index in [2.05, 4.69) is 4.99 Å². The molecule has 0 aromatic carbocycles. The summed E-state index contributed by atoms with van der Waals surface area (Å²) in [5.74, 6) is -1.99. The molecule has 1 heterocycles. The molecule has 0 radical (unpaired) electrons. The number of primary amides is 1. The van der Waals surface area contributed by atoms with Crippen LogP contribution in [0.5, 0.6) is 0 Å². The second-order valence-corrected chi connectivity index (χ2v) is 5.75. The summed E-state index contributed by atoms with van der Waals surface area (Å²) >= 11 is 5.30. The number of Topliss-reactive ketones (excluding diaryl/α,β-unsaturated/α-hetero) is 1. The first-order valence-corrected chi connectivity index (χ1v) is 6.75. The van der Waals surface area contributed by atoms with Crippen LogP contribution in [0.25, 0.3) is 0 Å². The van der Waals surface area contributed by atoms with Crippen LogP contribution in [-0.4, -0.2) is 29.3 Å². The Morgan fingerprint density at radius 3 is 2.75 bits per heavy atom. The topological polar surface area (TPSA) is 98.5 Å². The third-order valence-corrected chi connectivity index (χ3v) is 4.57.